The first-order chi connectivity index (χ1) is 14.5. The molecular weight excluding hydrogens is 400 g/mol. The molecule has 0 unspecified atom stereocenters. The lowest BCUT2D eigenvalue weighted by atomic mass is 10.1. The van der Waals surface area contributed by atoms with Gasteiger partial charge in [-0.2, -0.15) is 0 Å². The molecule has 0 aliphatic rings. The second-order valence-corrected chi connectivity index (χ2v) is 8.51. The quantitative estimate of drug-likeness (QED) is 0.508. The monoisotopic (exact) mass is 424 g/mol. The average Bonchev–Trinajstić information content (AvgIpc) is 2.77. The first-order valence-corrected chi connectivity index (χ1v) is 11.2. The van der Waals surface area contributed by atoms with Gasteiger partial charge in [-0.3, -0.25) is 9.71 Å². The first-order valence-electron chi connectivity index (χ1n) is 9.77. The van der Waals surface area contributed by atoms with Crippen molar-refractivity contribution in [2.75, 3.05) is 4.72 Å². The minimum absolute atomic E-state index is 0.00940. The Morgan fingerprint density at radius 3 is 2.53 bits per heavy atom. The number of nitrogens with zero attached hydrogens (tertiary/aromatic N) is 1. The van der Waals surface area contributed by atoms with Crippen molar-refractivity contribution in [3.05, 3.63) is 89.7 Å². The SMILES string of the molecule is CCCCc1ccc(NS(=O)(=O)c2cccc(C(=O)OCc3ccccn3)c2)cc1. The topological polar surface area (TPSA) is 85.4 Å². The number of aryl methyl sites for hydroxylation is 1. The molecule has 7 heteroatoms. The number of carbonyl (C=O) groups is 1. The minimum Gasteiger partial charge on any atom is -0.456 e. The summed E-state index contributed by atoms with van der Waals surface area (Å²) < 4.78 is 33.3. The fraction of sp³-hybridized carbons (Fsp3) is 0.217. The summed E-state index contributed by atoms with van der Waals surface area (Å²) in [6, 6.07) is 18.4. The summed E-state index contributed by atoms with van der Waals surface area (Å²) in [6.45, 7) is 2.14. The van der Waals surface area contributed by atoms with Crippen molar-refractivity contribution < 1.29 is 17.9 Å². The molecule has 0 amide bonds. The van der Waals surface area contributed by atoms with Crippen molar-refractivity contribution in [2.24, 2.45) is 0 Å². The van der Waals surface area contributed by atoms with E-state index in [9.17, 15) is 13.2 Å². The number of rotatable bonds is 9. The van der Waals surface area contributed by atoms with Crippen LogP contribution in [0.15, 0.2) is 77.8 Å². The summed E-state index contributed by atoms with van der Waals surface area (Å²) in [5, 5.41) is 0. The molecule has 0 aliphatic heterocycles. The van der Waals surface area contributed by atoms with Gasteiger partial charge in [0.2, 0.25) is 0 Å². The third-order valence-electron chi connectivity index (χ3n) is 4.48. The molecule has 0 atom stereocenters. The van der Waals surface area contributed by atoms with Crippen LogP contribution in [-0.2, 0) is 27.8 Å². The fourth-order valence-corrected chi connectivity index (χ4v) is 3.94. The lowest BCUT2D eigenvalue weighted by Gasteiger charge is -2.10. The maximum atomic E-state index is 12.7. The summed E-state index contributed by atoms with van der Waals surface area (Å²) in [7, 11) is -3.84. The summed E-state index contributed by atoms with van der Waals surface area (Å²) >= 11 is 0. The van der Waals surface area contributed by atoms with Crippen molar-refractivity contribution in [1.29, 1.82) is 0 Å². The van der Waals surface area contributed by atoms with Crippen LogP contribution in [-0.4, -0.2) is 19.4 Å². The number of carbonyl (C=O) groups excluding carboxylic acids is 1. The molecular formula is C23H24N2O4S. The number of esters is 1. The zero-order valence-electron chi connectivity index (χ0n) is 16.7. The van der Waals surface area contributed by atoms with Crippen LogP contribution in [0.5, 0.6) is 0 Å². The largest absolute Gasteiger partial charge is 0.456 e. The van der Waals surface area contributed by atoms with E-state index < -0.39 is 16.0 Å². The van der Waals surface area contributed by atoms with Gasteiger partial charge in [0.15, 0.2) is 0 Å². The second kappa shape index (κ2) is 10.0. The van der Waals surface area contributed by atoms with Crippen molar-refractivity contribution in [2.45, 2.75) is 37.7 Å². The maximum absolute atomic E-state index is 12.7. The van der Waals surface area contributed by atoms with E-state index in [1.54, 1.807) is 36.5 Å². The highest BCUT2D eigenvalue weighted by Crippen LogP contribution is 2.19. The molecule has 1 heterocycles. The van der Waals surface area contributed by atoms with Crippen LogP contribution in [0.1, 0.15) is 41.4 Å². The molecule has 0 radical (unpaired) electrons. The van der Waals surface area contributed by atoms with Gasteiger partial charge in [-0.15, -0.1) is 0 Å². The van der Waals surface area contributed by atoms with E-state index in [1.165, 1.54) is 24.3 Å². The van der Waals surface area contributed by atoms with E-state index >= 15 is 0 Å². The smallest absolute Gasteiger partial charge is 0.338 e. The highest BCUT2D eigenvalue weighted by molar-refractivity contribution is 7.92. The highest BCUT2D eigenvalue weighted by Gasteiger charge is 2.17. The second-order valence-electron chi connectivity index (χ2n) is 6.83. The molecule has 3 rings (SSSR count). The predicted octanol–water partition coefficient (Wildman–Crippen LogP) is 4.58. The van der Waals surface area contributed by atoms with Crippen LogP contribution in [0.3, 0.4) is 0 Å². The minimum atomic E-state index is -3.84. The summed E-state index contributed by atoms with van der Waals surface area (Å²) in [4.78, 5) is 16.4. The molecule has 0 aliphatic carbocycles. The normalized spacial score (nSPS) is 11.1. The molecule has 0 saturated heterocycles. The Bertz CT molecular complexity index is 1080. The van der Waals surface area contributed by atoms with Gasteiger partial charge in [-0.05, 0) is 60.9 Å². The number of benzene rings is 2. The average molecular weight is 425 g/mol. The van der Waals surface area contributed by atoms with E-state index in [4.69, 9.17) is 4.74 Å². The summed E-state index contributed by atoms with van der Waals surface area (Å²) in [6.07, 6.45) is 4.77. The van der Waals surface area contributed by atoms with Gasteiger partial charge < -0.3 is 4.74 Å². The Hall–Kier alpha value is -3.19. The number of sulfonamides is 1. The third-order valence-corrected chi connectivity index (χ3v) is 5.86. The molecule has 0 fully saturated rings. The maximum Gasteiger partial charge on any atom is 0.338 e. The first kappa shape index (κ1) is 21.5. The Labute approximate surface area is 177 Å². The Morgan fingerprint density at radius 2 is 1.83 bits per heavy atom. The zero-order valence-corrected chi connectivity index (χ0v) is 17.6. The van der Waals surface area contributed by atoms with E-state index in [0.29, 0.717) is 11.4 Å². The van der Waals surface area contributed by atoms with Crippen LogP contribution in [0.2, 0.25) is 0 Å². The van der Waals surface area contributed by atoms with Gasteiger partial charge in [0.05, 0.1) is 16.2 Å². The third kappa shape index (κ3) is 5.90. The van der Waals surface area contributed by atoms with Crippen LogP contribution >= 0.6 is 0 Å². The fourth-order valence-electron chi connectivity index (χ4n) is 2.83. The Kier molecular flexibility index (Phi) is 7.19. The number of anilines is 1. The molecule has 6 nitrogen and oxygen atoms in total. The predicted molar refractivity (Wildman–Crippen MR) is 116 cm³/mol. The highest BCUT2D eigenvalue weighted by atomic mass is 32.2. The van der Waals surface area contributed by atoms with E-state index in [2.05, 4.69) is 16.6 Å². The standard InChI is InChI=1S/C23H24N2O4S/c1-2-3-7-18-11-13-20(14-12-18)25-30(27,28)22-10-6-8-19(16-22)23(26)29-17-21-9-4-5-15-24-21/h4-6,8-16,25H,2-3,7,17H2,1H3. The number of hydrogen-bond donors (Lipinski definition) is 1. The Morgan fingerprint density at radius 1 is 1.03 bits per heavy atom. The molecule has 1 N–H and O–H groups in total. The molecule has 1 aromatic heterocycles. The number of ether oxygens (including phenoxy) is 1. The summed E-state index contributed by atoms with van der Waals surface area (Å²) in [5.41, 5.74) is 2.40. The van der Waals surface area contributed by atoms with E-state index in [1.807, 2.05) is 12.1 Å². The van der Waals surface area contributed by atoms with Gasteiger partial charge >= 0.3 is 5.97 Å². The summed E-state index contributed by atoms with van der Waals surface area (Å²) in [5.74, 6) is -0.613. The number of hydrogen-bond acceptors (Lipinski definition) is 5. The molecule has 30 heavy (non-hydrogen) atoms. The van der Waals surface area contributed by atoms with Gasteiger partial charge in [-0.1, -0.05) is 37.6 Å². The molecule has 2 aromatic carbocycles. The van der Waals surface area contributed by atoms with Crippen molar-refractivity contribution in [3.8, 4) is 0 Å². The van der Waals surface area contributed by atoms with E-state index in [-0.39, 0.29) is 17.1 Å². The van der Waals surface area contributed by atoms with Crippen molar-refractivity contribution in [3.63, 3.8) is 0 Å². The molecule has 0 saturated carbocycles. The van der Waals surface area contributed by atoms with E-state index in [0.717, 1.165) is 24.8 Å². The van der Waals surface area contributed by atoms with Gasteiger partial charge in [-0.25, -0.2) is 13.2 Å². The number of nitrogens with one attached hydrogen (secondary N) is 1. The van der Waals surface area contributed by atoms with Gasteiger partial charge in [0.25, 0.3) is 10.0 Å². The lowest BCUT2D eigenvalue weighted by molar-refractivity contribution is 0.0467. The number of unbranched alkanes of at least 4 members (excludes halogenated alkanes) is 1. The molecule has 0 bridgehead atoms. The molecule has 156 valence electrons. The number of pyridine rings is 1. The van der Waals surface area contributed by atoms with Crippen LogP contribution < -0.4 is 4.72 Å². The zero-order chi connectivity index (χ0) is 21.4. The van der Waals surface area contributed by atoms with Crippen LogP contribution in [0.4, 0.5) is 5.69 Å². The lowest BCUT2D eigenvalue weighted by Crippen LogP contribution is -2.14. The Balaban J connectivity index is 1.68. The number of aromatic nitrogens is 1. The van der Waals surface area contributed by atoms with Crippen molar-refractivity contribution in [1.82, 2.24) is 4.98 Å². The van der Waals surface area contributed by atoms with Gasteiger partial charge in [0, 0.05) is 11.9 Å². The van der Waals surface area contributed by atoms with Crippen LogP contribution in [0.25, 0.3) is 0 Å². The van der Waals surface area contributed by atoms with Gasteiger partial charge in [0.1, 0.15) is 6.61 Å². The van der Waals surface area contributed by atoms with Crippen LogP contribution in [0, 0.1) is 0 Å². The molecule has 3 aromatic rings. The molecule has 0 spiro atoms. The van der Waals surface area contributed by atoms with Crippen molar-refractivity contribution >= 4 is 21.7 Å².